The molecule has 1 aromatic heterocycles. The molecule has 0 bridgehead atoms. The quantitative estimate of drug-likeness (QED) is 0.295. The van der Waals surface area contributed by atoms with Crippen LogP contribution in [0.3, 0.4) is 0 Å². The summed E-state index contributed by atoms with van der Waals surface area (Å²) in [5.41, 5.74) is 0.366. The van der Waals surface area contributed by atoms with Gasteiger partial charge in [-0.1, -0.05) is 41.7 Å². The van der Waals surface area contributed by atoms with E-state index in [4.69, 9.17) is 4.74 Å². The van der Waals surface area contributed by atoms with E-state index in [0.29, 0.717) is 10.2 Å². The van der Waals surface area contributed by atoms with Gasteiger partial charge in [-0.25, -0.2) is 13.4 Å². The summed E-state index contributed by atoms with van der Waals surface area (Å²) < 4.78 is 33.4. The van der Waals surface area contributed by atoms with E-state index in [2.05, 4.69) is 15.0 Å². The maximum atomic E-state index is 12.9. The number of carbonyl (C=O) groups excluding carboxylic acids is 1. The van der Waals surface area contributed by atoms with Crippen LogP contribution in [0, 0.1) is 10.1 Å². The Kier molecular flexibility index (Phi) is 5.94. The van der Waals surface area contributed by atoms with Crippen LogP contribution in [0.2, 0.25) is 0 Å². The molecule has 0 spiro atoms. The molecule has 0 saturated carbocycles. The predicted octanol–water partition coefficient (Wildman–Crippen LogP) is 4.27. The van der Waals surface area contributed by atoms with Gasteiger partial charge in [-0.2, -0.15) is 0 Å². The van der Waals surface area contributed by atoms with Crippen LogP contribution < -0.4 is 14.8 Å². The van der Waals surface area contributed by atoms with E-state index < -0.39 is 20.9 Å². The van der Waals surface area contributed by atoms with Crippen LogP contribution in [-0.2, 0) is 10.0 Å². The van der Waals surface area contributed by atoms with Crippen molar-refractivity contribution in [2.75, 3.05) is 17.1 Å². The molecular weight excluding hydrogens is 468 g/mol. The molecule has 0 fully saturated rings. The largest absolute Gasteiger partial charge is 0.494 e. The van der Waals surface area contributed by atoms with E-state index in [-0.39, 0.29) is 32.7 Å². The second-order valence-corrected chi connectivity index (χ2v) is 9.40. The highest BCUT2D eigenvalue weighted by Crippen LogP contribution is 2.36. The Hall–Kier alpha value is -4.03. The number of nitrogens with one attached hydrogen (secondary N) is 2. The number of nitrogens with zero attached hydrogens (tertiary/aromatic N) is 2. The second kappa shape index (κ2) is 8.84. The van der Waals surface area contributed by atoms with Crippen molar-refractivity contribution in [2.24, 2.45) is 0 Å². The van der Waals surface area contributed by atoms with Gasteiger partial charge >= 0.3 is 0 Å². The molecule has 33 heavy (non-hydrogen) atoms. The van der Waals surface area contributed by atoms with Crippen LogP contribution in [0.4, 0.5) is 16.5 Å². The highest BCUT2D eigenvalue weighted by molar-refractivity contribution is 7.92. The molecule has 12 heteroatoms. The highest BCUT2D eigenvalue weighted by Gasteiger charge is 2.21. The van der Waals surface area contributed by atoms with E-state index in [0.717, 1.165) is 11.3 Å². The zero-order chi connectivity index (χ0) is 23.6. The maximum absolute atomic E-state index is 12.9. The molecule has 3 aromatic carbocycles. The van der Waals surface area contributed by atoms with Crippen LogP contribution in [0.15, 0.2) is 71.6 Å². The van der Waals surface area contributed by atoms with Crippen LogP contribution in [0.1, 0.15) is 10.4 Å². The lowest BCUT2D eigenvalue weighted by Crippen LogP contribution is -2.18. The molecule has 0 aliphatic rings. The Morgan fingerprint density at radius 2 is 1.79 bits per heavy atom. The van der Waals surface area contributed by atoms with Crippen molar-refractivity contribution in [3.63, 3.8) is 0 Å². The van der Waals surface area contributed by atoms with Crippen LogP contribution >= 0.6 is 11.3 Å². The SMILES string of the molecule is COc1cc([N+](=O)[O-])cc2sc(NC(=O)c3ccccc3NS(=O)(=O)c3ccccc3)nc12. The number of methoxy groups -OCH3 is 1. The molecule has 0 radical (unpaired) electrons. The van der Waals surface area contributed by atoms with Crippen molar-refractivity contribution in [1.82, 2.24) is 4.98 Å². The van der Waals surface area contributed by atoms with Crippen molar-refractivity contribution in [3.05, 3.63) is 82.4 Å². The van der Waals surface area contributed by atoms with Gasteiger partial charge in [-0.15, -0.1) is 0 Å². The van der Waals surface area contributed by atoms with Crippen LogP contribution in [0.5, 0.6) is 5.75 Å². The summed E-state index contributed by atoms with van der Waals surface area (Å²) in [5, 5.41) is 13.9. The van der Waals surface area contributed by atoms with Gasteiger partial charge in [-0.3, -0.25) is 24.9 Å². The Bertz CT molecular complexity index is 1470. The molecule has 0 aliphatic heterocycles. The monoisotopic (exact) mass is 484 g/mol. The number of rotatable bonds is 7. The van der Waals surface area contributed by atoms with Gasteiger partial charge in [0.25, 0.3) is 21.6 Å². The zero-order valence-corrected chi connectivity index (χ0v) is 18.6. The smallest absolute Gasteiger partial charge is 0.274 e. The summed E-state index contributed by atoms with van der Waals surface area (Å²) >= 11 is 1.03. The fourth-order valence-corrected chi connectivity index (χ4v) is 5.05. The number of nitro groups is 1. The first-order valence-electron chi connectivity index (χ1n) is 9.40. The lowest BCUT2D eigenvalue weighted by atomic mass is 10.2. The summed E-state index contributed by atoms with van der Waals surface area (Å²) in [5.74, 6) is -0.402. The van der Waals surface area contributed by atoms with Crippen LogP contribution in [-0.4, -0.2) is 31.3 Å². The molecule has 1 amide bonds. The molecule has 168 valence electrons. The molecule has 4 aromatic rings. The number of sulfonamides is 1. The number of thiazole rings is 1. The number of aromatic nitrogens is 1. The molecule has 10 nitrogen and oxygen atoms in total. The molecular formula is C21H16N4O6S2. The second-order valence-electron chi connectivity index (χ2n) is 6.69. The number of fused-ring (bicyclic) bond motifs is 1. The Morgan fingerprint density at radius 3 is 2.48 bits per heavy atom. The summed E-state index contributed by atoms with van der Waals surface area (Å²) in [7, 11) is -2.54. The van der Waals surface area contributed by atoms with Crippen molar-refractivity contribution in [2.45, 2.75) is 4.90 Å². The van der Waals surface area contributed by atoms with E-state index in [9.17, 15) is 23.3 Å². The van der Waals surface area contributed by atoms with E-state index in [1.54, 1.807) is 30.3 Å². The highest BCUT2D eigenvalue weighted by atomic mass is 32.2. The lowest BCUT2D eigenvalue weighted by molar-refractivity contribution is -0.384. The molecule has 0 unspecified atom stereocenters. The third-order valence-electron chi connectivity index (χ3n) is 4.57. The minimum absolute atomic E-state index is 0.0556. The fourth-order valence-electron chi connectivity index (χ4n) is 3.04. The number of amides is 1. The Balaban J connectivity index is 1.64. The summed E-state index contributed by atoms with van der Waals surface area (Å²) in [6, 6.07) is 16.5. The number of anilines is 2. The van der Waals surface area contributed by atoms with E-state index in [1.807, 2.05) is 0 Å². The molecule has 0 atom stereocenters. The van der Waals surface area contributed by atoms with Crippen molar-refractivity contribution in [1.29, 1.82) is 0 Å². The average molecular weight is 485 g/mol. The number of nitro benzene ring substituents is 1. The minimum Gasteiger partial charge on any atom is -0.494 e. The minimum atomic E-state index is -3.91. The van der Waals surface area contributed by atoms with Gasteiger partial charge in [0.1, 0.15) is 5.52 Å². The topological polar surface area (TPSA) is 141 Å². The first kappa shape index (κ1) is 22.2. The number of carbonyl (C=O) groups is 1. The number of para-hydroxylation sites is 1. The van der Waals surface area contributed by atoms with Gasteiger partial charge in [0.05, 0.1) is 38.9 Å². The fraction of sp³-hybridized carbons (Fsp3) is 0.0476. The normalized spacial score (nSPS) is 11.2. The molecule has 0 saturated heterocycles. The number of non-ortho nitro benzene ring substituents is 1. The molecule has 1 heterocycles. The average Bonchev–Trinajstić information content (AvgIpc) is 3.21. The third-order valence-corrected chi connectivity index (χ3v) is 6.86. The van der Waals surface area contributed by atoms with Crippen LogP contribution in [0.25, 0.3) is 10.2 Å². The van der Waals surface area contributed by atoms with Crippen molar-refractivity contribution < 1.29 is 22.9 Å². The summed E-state index contributed by atoms with van der Waals surface area (Å²) in [4.78, 5) is 27.9. The number of hydrogen-bond donors (Lipinski definition) is 2. The van der Waals surface area contributed by atoms with Gasteiger partial charge < -0.3 is 4.74 Å². The Labute approximate surface area is 192 Å². The molecule has 0 aliphatic carbocycles. The number of ether oxygens (including phenoxy) is 1. The standard InChI is InChI=1S/C21H16N4O6S2/c1-31-17-11-13(25(27)28)12-18-19(17)22-21(32-18)23-20(26)15-9-5-6-10-16(15)24-33(29,30)14-7-3-2-4-8-14/h2-12,24H,1H3,(H,22,23,26). The zero-order valence-electron chi connectivity index (χ0n) is 17.0. The van der Waals surface area contributed by atoms with Gasteiger partial charge in [0.15, 0.2) is 10.9 Å². The maximum Gasteiger partial charge on any atom is 0.274 e. The first-order valence-corrected chi connectivity index (χ1v) is 11.7. The van der Waals surface area contributed by atoms with Gasteiger partial charge in [-0.05, 0) is 24.3 Å². The first-order chi connectivity index (χ1) is 15.8. The predicted molar refractivity (Wildman–Crippen MR) is 124 cm³/mol. The Morgan fingerprint density at radius 1 is 1.09 bits per heavy atom. The van der Waals surface area contributed by atoms with Crippen molar-refractivity contribution in [3.8, 4) is 5.75 Å². The lowest BCUT2D eigenvalue weighted by Gasteiger charge is -2.12. The van der Waals surface area contributed by atoms with E-state index >= 15 is 0 Å². The van der Waals surface area contributed by atoms with Crippen molar-refractivity contribution >= 4 is 54.0 Å². The number of benzene rings is 3. The molecule has 2 N–H and O–H groups in total. The summed E-state index contributed by atoms with van der Waals surface area (Å²) in [6.45, 7) is 0. The van der Waals surface area contributed by atoms with E-state index in [1.165, 1.54) is 43.5 Å². The van der Waals surface area contributed by atoms with Gasteiger partial charge in [0.2, 0.25) is 0 Å². The number of hydrogen-bond acceptors (Lipinski definition) is 8. The molecule has 4 rings (SSSR count). The third kappa shape index (κ3) is 4.61. The van der Waals surface area contributed by atoms with Gasteiger partial charge in [0, 0.05) is 6.07 Å². The summed E-state index contributed by atoms with van der Waals surface area (Å²) in [6.07, 6.45) is 0.